The Labute approximate surface area is 226 Å². The molecular weight excluding hydrogens is 604 g/mol. The molecule has 3 aromatic rings. The average Bonchev–Trinajstić information content (AvgIpc) is 2.81. The summed E-state index contributed by atoms with van der Waals surface area (Å²) in [5.41, 5.74) is 5.10. The van der Waals surface area contributed by atoms with Crippen molar-refractivity contribution in [1.29, 1.82) is 0 Å². The third kappa shape index (κ3) is 7.84. The highest BCUT2D eigenvalue weighted by Gasteiger charge is 2.14. The first-order valence-corrected chi connectivity index (χ1v) is 12.3. The second-order valence-corrected chi connectivity index (χ2v) is 9.28. The summed E-state index contributed by atoms with van der Waals surface area (Å²) in [5.74, 6) is 0.195. The second kappa shape index (κ2) is 12.8. The van der Waals surface area contributed by atoms with Gasteiger partial charge in [0.1, 0.15) is 0 Å². The van der Waals surface area contributed by atoms with Gasteiger partial charge < -0.3 is 14.8 Å². The predicted molar refractivity (Wildman–Crippen MR) is 147 cm³/mol. The fourth-order valence-electron chi connectivity index (χ4n) is 2.90. The molecule has 0 heterocycles. The Morgan fingerprint density at radius 3 is 2.49 bits per heavy atom. The van der Waals surface area contributed by atoms with Gasteiger partial charge in [0.15, 0.2) is 18.1 Å². The maximum Gasteiger partial charge on any atom is 0.271 e. The van der Waals surface area contributed by atoms with E-state index in [-0.39, 0.29) is 18.4 Å². The Kier molecular flexibility index (Phi) is 9.76. The maximum atomic E-state index is 12.4. The van der Waals surface area contributed by atoms with Gasteiger partial charge in [-0.2, -0.15) is 5.10 Å². The highest BCUT2D eigenvalue weighted by molar-refractivity contribution is 14.1. The molecule has 0 saturated carbocycles. The third-order valence-electron chi connectivity index (χ3n) is 4.62. The van der Waals surface area contributed by atoms with Gasteiger partial charge >= 0.3 is 0 Å². The number of hydrazone groups is 1. The van der Waals surface area contributed by atoms with Gasteiger partial charge in [0.2, 0.25) is 0 Å². The van der Waals surface area contributed by atoms with Crippen molar-refractivity contribution in [2.45, 2.75) is 13.8 Å². The minimum atomic E-state index is -0.363. The largest absolute Gasteiger partial charge is 0.490 e. The summed E-state index contributed by atoms with van der Waals surface area (Å²) < 4.78 is 12.2. The summed E-state index contributed by atoms with van der Waals surface area (Å²) in [6.07, 6.45) is 1.50. The zero-order valence-electron chi connectivity index (χ0n) is 18.9. The molecule has 0 unspecified atom stereocenters. The van der Waals surface area contributed by atoms with E-state index in [4.69, 9.17) is 32.7 Å². The fourth-order valence-corrected chi connectivity index (χ4v) is 3.99. The summed E-state index contributed by atoms with van der Waals surface area (Å²) in [5, 5.41) is 7.88. The first kappa shape index (κ1) is 26.8. The highest BCUT2D eigenvalue weighted by atomic mass is 127. The average molecular weight is 626 g/mol. The number of carbonyl (C=O) groups excluding carboxylic acids is 2. The van der Waals surface area contributed by atoms with Crippen molar-refractivity contribution in [2.24, 2.45) is 5.10 Å². The number of aryl methyl sites for hydroxylation is 1. The number of hydrogen-bond acceptors (Lipinski definition) is 5. The van der Waals surface area contributed by atoms with Crippen LogP contribution in [0.3, 0.4) is 0 Å². The lowest BCUT2D eigenvalue weighted by atomic mass is 10.2. The van der Waals surface area contributed by atoms with Crippen molar-refractivity contribution in [3.63, 3.8) is 0 Å². The Balaban J connectivity index is 1.65. The van der Waals surface area contributed by atoms with Gasteiger partial charge in [-0.3, -0.25) is 9.59 Å². The number of benzene rings is 3. The van der Waals surface area contributed by atoms with Crippen LogP contribution < -0.4 is 20.2 Å². The molecule has 0 aliphatic heterocycles. The fraction of sp³-hybridized carbons (Fsp3) is 0.160. The van der Waals surface area contributed by atoms with E-state index >= 15 is 0 Å². The van der Waals surface area contributed by atoms with Crippen LogP contribution in [0.5, 0.6) is 11.5 Å². The van der Waals surface area contributed by atoms with Crippen molar-refractivity contribution >= 4 is 69.5 Å². The molecule has 7 nitrogen and oxygen atoms in total. The first-order chi connectivity index (χ1) is 16.8. The quantitative estimate of drug-likeness (QED) is 0.171. The molecule has 35 heavy (non-hydrogen) atoms. The van der Waals surface area contributed by atoms with Crippen molar-refractivity contribution in [2.75, 3.05) is 18.5 Å². The molecule has 2 N–H and O–H groups in total. The lowest BCUT2D eigenvalue weighted by Gasteiger charge is -2.15. The van der Waals surface area contributed by atoms with Gasteiger partial charge in [-0.25, -0.2) is 5.43 Å². The molecule has 0 fully saturated rings. The van der Waals surface area contributed by atoms with Crippen LogP contribution >= 0.6 is 45.8 Å². The van der Waals surface area contributed by atoms with Crippen LogP contribution in [0.2, 0.25) is 10.0 Å². The minimum absolute atomic E-state index is 0.216. The molecule has 10 heteroatoms. The van der Waals surface area contributed by atoms with Gasteiger partial charge in [0.05, 0.1) is 16.4 Å². The number of rotatable bonds is 9. The number of nitrogens with one attached hydrogen (secondary N) is 2. The van der Waals surface area contributed by atoms with E-state index in [1.165, 1.54) is 6.21 Å². The summed E-state index contributed by atoms with van der Waals surface area (Å²) in [6, 6.07) is 15.3. The summed E-state index contributed by atoms with van der Waals surface area (Å²) in [6.45, 7) is 3.91. The summed E-state index contributed by atoms with van der Waals surface area (Å²) in [4.78, 5) is 24.6. The Morgan fingerprint density at radius 1 is 1.06 bits per heavy atom. The van der Waals surface area contributed by atoms with E-state index in [0.29, 0.717) is 48.5 Å². The van der Waals surface area contributed by atoms with E-state index in [9.17, 15) is 9.59 Å². The minimum Gasteiger partial charge on any atom is -0.490 e. The second-order valence-electron chi connectivity index (χ2n) is 7.27. The van der Waals surface area contributed by atoms with E-state index in [2.05, 4.69) is 38.4 Å². The van der Waals surface area contributed by atoms with Gasteiger partial charge in [0.25, 0.3) is 11.8 Å². The molecule has 0 aliphatic carbocycles. The number of carbonyl (C=O) groups is 2. The van der Waals surface area contributed by atoms with Crippen LogP contribution in [-0.4, -0.2) is 31.2 Å². The van der Waals surface area contributed by atoms with Crippen molar-refractivity contribution in [1.82, 2.24) is 5.43 Å². The molecule has 0 atom stereocenters. The predicted octanol–water partition coefficient (Wildman–Crippen LogP) is 6.09. The zero-order chi connectivity index (χ0) is 25.4. The van der Waals surface area contributed by atoms with Crippen molar-refractivity contribution in [3.05, 3.63) is 84.9 Å². The maximum absolute atomic E-state index is 12.4. The van der Waals surface area contributed by atoms with Crippen LogP contribution in [-0.2, 0) is 4.79 Å². The van der Waals surface area contributed by atoms with Gasteiger partial charge in [-0.1, -0.05) is 29.3 Å². The lowest BCUT2D eigenvalue weighted by molar-refractivity contribution is -0.118. The number of halogens is 3. The van der Waals surface area contributed by atoms with Crippen LogP contribution in [0.15, 0.2) is 59.7 Å². The van der Waals surface area contributed by atoms with Crippen LogP contribution in [0.1, 0.15) is 28.4 Å². The number of hydrogen-bond donors (Lipinski definition) is 2. The molecule has 0 aromatic heterocycles. The topological polar surface area (TPSA) is 89.0 Å². The van der Waals surface area contributed by atoms with Crippen LogP contribution in [0, 0.1) is 10.5 Å². The number of nitrogens with zero attached hydrogens (tertiary/aromatic N) is 1. The monoisotopic (exact) mass is 625 g/mol. The smallest absolute Gasteiger partial charge is 0.271 e. The first-order valence-electron chi connectivity index (χ1n) is 10.5. The SMILES string of the molecule is CCOc1cc(/C=N/NC(=O)c2ccc(Cl)cc2)cc(I)c1OCC(=O)Nc1ccc(C)c(Cl)c1. The summed E-state index contributed by atoms with van der Waals surface area (Å²) in [7, 11) is 0. The third-order valence-corrected chi connectivity index (χ3v) is 6.08. The normalized spacial score (nSPS) is 10.8. The highest BCUT2D eigenvalue weighted by Crippen LogP contribution is 2.34. The van der Waals surface area contributed by atoms with E-state index in [1.54, 1.807) is 48.5 Å². The molecule has 0 radical (unpaired) electrons. The molecule has 2 amide bonds. The van der Waals surface area contributed by atoms with Crippen LogP contribution in [0.25, 0.3) is 0 Å². The number of anilines is 1. The van der Waals surface area contributed by atoms with Crippen LogP contribution in [0.4, 0.5) is 5.69 Å². The molecule has 0 saturated heterocycles. The standard InChI is InChI=1S/C25H22Cl2IN3O4/c1-3-34-22-11-16(13-29-31-25(33)17-5-7-18(26)8-6-17)10-21(28)24(22)35-14-23(32)30-19-9-4-15(2)20(27)12-19/h4-13H,3,14H2,1-2H3,(H,30,32)(H,31,33)/b29-13+. The van der Waals surface area contributed by atoms with E-state index in [1.807, 2.05) is 19.9 Å². The van der Waals surface area contributed by atoms with Gasteiger partial charge in [-0.05, 0) is 96.1 Å². The molecule has 0 bridgehead atoms. The molecule has 3 rings (SSSR count). The van der Waals surface area contributed by atoms with Crippen molar-refractivity contribution < 1.29 is 19.1 Å². The van der Waals surface area contributed by atoms with Gasteiger partial charge in [-0.15, -0.1) is 0 Å². The number of amides is 2. The Morgan fingerprint density at radius 2 is 1.80 bits per heavy atom. The van der Waals surface area contributed by atoms with E-state index < -0.39 is 0 Å². The number of ether oxygens (including phenoxy) is 2. The zero-order valence-corrected chi connectivity index (χ0v) is 22.6. The van der Waals surface area contributed by atoms with Crippen molar-refractivity contribution in [3.8, 4) is 11.5 Å². The molecule has 0 aliphatic rings. The van der Waals surface area contributed by atoms with E-state index in [0.717, 1.165) is 5.56 Å². The molecular formula is C25H22Cl2IN3O4. The molecule has 0 spiro atoms. The molecule has 3 aromatic carbocycles. The lowest BCUT2D eigenvalue weighted by Crippen LogP contribution is -2.20. The molecule has 182 valence electrons. The Hall–Kier alpha value is -2.82. The Bertz CT molecular complexity index is 1250. The summed E-state index contributed by atoms with van der Waals surface area (Å²) >= 11 is 14.0. The van der Waals surface area contributed by atoms with Gasteiger partial charge in [0, 0.05) is 21.3 Å².